The molecule has 0 aromatic carbocycles. The van der Waals surface area contributed by atoms with Gasteiger partial charge >= 0.3 is 0 Å². The molecule has 0 bridgehead atoms. The molecule has 16 heavy (non-hydrogen) atoms. The number of rotatable bonds is 9. The zero-order valence-electron chi connectivity index (χ0n) is 11.3. The lowest BCUT2D eigenvalue weighted by Crippen LogP contribution is -2.23. The van der Waals surface area contributed by atoms with Gasteiger partial charge in [0, 0.05) is 12.0 Å². The van der Waals surface area contributed by atoms with E-state index in [1.54, 1.807) is 0 Å². The SMILES string of the molecule is C=CC(/C=C\C(C)CCCCCC)C(C)N. The van der Waals surface area contributed by atoms with Crippen LogP contribution in [0, 0.1) is 11.8 Å². The van der Waals surface area contributed by atoms with Crippen LogP contribution in [0.2, 0.25) is 0 Å². The van der Waals surface area contributed by atoms with Crippen molar-refractivity contribution in [3.63, 3.8) is 0 Å². The highest BCUT2D eigenvalue weighted by Crippen LogP contribution is 2.14. The van der Waals surface area contributed by atoms with Gasteiger partial charge in [-0.05, 0) is 19.3 Å². The number of allylic oxidation sites excluding steroid dienone is 1. The topological polar surface area (TPSA) is 26.0 Å². The Morgan fingerprint density at radius 1 is 1.12 bits per heavy atom. The Bertz CT molecular complexity index is 194. The van der Waals surface area contributed by atoms with Crippen LogP contribution in [0.3, 0.4) is 0 Å². The van der Waals surface area contributed by atoms with Gasteiger partial charge < -0.3 is 5.73 Å². The van der Waals surface area contributed by atoms with Gasteiger partial charge in [0.2, 0.25) is 0 Å². The minimum atomic E-state index is 0.168. The summed E-state index contributed by atoms with van der Waals surface area (Å²) in [6, 6.07) is 0.168. The zero-order valence-corrected chi connectivity index (χ0v) is 11.3. The summed E-state index contributed by atoms with van der Waals surface area (Å²) in [6.07, 6.45) is 13.1. The summed E-state index contributed by atoms with van der Waals surface area (Å²) in [5.41, 5.74) is 5.85. The second-order valence-corrected chi connectivity index (χ2v) is 4.88. The Kier molecular flexibility index (Phi) is 9.31. The van der Waals surface area contributed by atoms with E-state index in [9.17, 15) is 0 Å². The minimum absolute atomic E-state index is 0.168. The second-order valence-electron chi connectivity index (χ2n) is 4.88. The molecule has 2 N–H and O–H groups in total. The highest BCUT2D eigenvalue weighted by atomic mass is 14.6. The van der Waals surface area contributed by atoms with Crippen molar-refractivity contribution in [3.05, 3.63) is 24.8 Å². The molecule has 94 valence electrons. The number of nitrogens with two attached hydrogens (primary N) is 1. The monoisotopic (exact) mass is 223 g/mol. The van der Waals surface area contributed by atoms with Crippen LogP contribution < -0.4 is 5.73 Å². The Hall–Kier alpha value is -0.560. The molecule has 0 aliphatic carbocycles. The molecule has 0 amide bonds. The highest BCUT2D eigenvalue weighted by Gasteiger charge is 2.05. The Labute approximate surface area is 102 Å². The van der Waals surface area contributed by atoms with Crippen LogP contribution in [0.5, 0.6) is 0 Å². The lowest BCUT2D eigenvalue weighted by molar-refractivity contribution is 0.555. The Morgan fingerprint density at radius 3 is 2.31 bits per heavy atom. The molecular weight excluding hydrogens is 194 g/mol. The van der Waals surface area contributed by atoms with Gasteiger partial charge in [-0.3, -0.25) is 0 Å². The molecule has 0 saturated heterocycles. The molecule has 3 unspecified atom stereocenters. The summed E-state index contributed by atoms with van der Waals surface area (Å²) in [4.78, 5) is 0. The third-order valence-corrected chi connectivity index (χ3v) is 3.05. The maximum absolute atomic E-state index is 5.85. The summed E-state index contributed by atoms with van der Waals surface area (Å²) < 4.78 is 0. The van der Waals surface area contributed by atoms with E-state index in [2.05, 4.69) is 32.6 Å². The molecule has 0 fully saturated rings. The molecule has 0 heterocycles. The summed E-state index contributed by atoms with van der Waals surface area (Å²) in [6.45, 7) is 10.4. The van der Waals surface area contributed by atoms with Crippen LogP contribution in [-0.2, 0) is 0 Å². The normalized spacial score (nSPS) is 17.2. The van der Waals surface area contributed by atoms with Crippen LogP contribution in [0.4, 0.5) is 0 Å². The molecular formula is C15H29N. The number of hydrogen-bond acceptors (Lipinski definition) is 1. The van der Waals surface area contributed by atoms with Crippen LogP contribution in [0.25, 0.3) is 0 Å². The lowest BCUT2D eigenvalue weighted by Gasteiger charge is -2.13. The quantitative estimate of drug-likeness (QED) is 0.458. The second kappa shape index (κ2) is 9.65. The van der Waals surface area contributed by atoms with Gasteiger partial charge in [-0.15, -0.1) is 6.58 Å². The zero-order chi connectivity index (χ0) is 12.4. The summed E-state index contributed by atoms with van der Waals surface area (Å²) >= 11 is 0. The predicted octanol–water partition coefficient (Wildman–Crippen LogP) is 4.30. The fraction of sp³-hybridized carbons (Fsp3) is 0.733. The highest BCUT2D eigenvalue weighted by molar-refractivity contribution is 5.02. The van der Waals surface area contributed by atoms with Gasteiger partial charge in [-0.1, -0.05) is 57.8 Å². The average Bonchev–Trinajstić information content (AvgIpc) is 2.25. The molecule has 0 aliphatic rings. The molecule has 0 rings (SSSR count). The van der Waals surface area contributed by atoms with E-state index in [0.29, 0.717) is 11.8 Å². The minimum Gasteiger partial charge on any atom is -0.327 e. The van der Waals surface area contributed by atoms with Crippen LogP contribution in [0.1, 0.15) is 52.9 Å². The van der Waals surface area contributed by atoms with Crippen molar-refractivity contribution in [1.82, 2.24) is 0 Å². The van der Waals surface area contributed by atoms with Gasteiger partial charge in [0.15, 0.2) is 0 Å². The largest absolute Gasteiger partial charge is 0.327 e. The molecule has 1 heteroatoms. The first-order chi connectivity index (χ1) is 7.61. The summed E-state index contributed by atoms with van der Waals surface area (Å²) in [7, 11) is 0. The molecule has 0 radical (unpaired) electrons. The van der Waals surface area contributed by atoms with E-state index in [-0.39, 0.29) is 6.04 Å². The first-order valence-electron chi connectivity index (χ1n) is 6.68. The van der Waals surface area contributed by atoms with E-state index >= 15 is 0 Å². The Balaban J connectivity index is 3.79. The summed E-state index contributed by atoms with van der Waals surface area (Å²) in [5, 5.41) is 0. The molecule has 0 aromatic rings. The fourth-order valence-electron chi connectivity index (χ4n) is 1.78. The van der Waals surface area contributed by atoms with Gasteiger partial charge in [0.1, 0.15) is 0 Å². The lowest BCUT2D eigenvalue weighted by atomic mass is 9.97. The first-order valence-corrected chi connectivity index (χ1v) is 6.68. The van der Waals surface area contributed by atoms with Crippen molar-refractivity contribution in [2.75, 3.05) is 0 Å². The van der Waals surface area contributed by atoms with E-state index in [0.717, 1.165) is 0 Å². The molecule has 0 aromatic heterocycles. The smallest absolute Gasteiger partial charge is 0.0108 e. The van der Waals surface area contributed by atoms with Crippen molar-refractivity contribution < 1.29 is 0 Å². The molecule has 0 aliphatic heterocycles. The van der Waals surface area contributed by atoms with Crippen molar-refractivity contribution >= 4 is 0 Å². The maximum Gasteiger partial charge on any atom is 0.0108 e. The number of unbranched alkanes of at least 4 members (excludes halogenated alkanes) is 3. The fourth-order valence-corrected chi connectivity index (χ4v) is 1.78. The third kappa shape index (κ3) is 7.70. The van der Waals surface area contributed by atoms with Gasteiger partial charge in [-0.2, -0.15) is 0 Å². The molecule has 0 spiro atoms. The van der Waals surface area contributed by atoms with Crippen molar-refractivity contribution in [2.45, 2.75) is 58.9 Å². The van der Waals surface area contributed by atoms with Crippen molar-refractivity contribution in [1.29, 1.82) is 0 Å². The Morgan fingerprint density at radius 2 is 1.81 bits per heavy atom. The van der Waals surface area contributed by atoms with Gasteiger partial charge in [0.25, 0.3) is 0 Å². The number of hydrogen-bond donors (Lipinski definition) is 1. The predicted molar refractivity (Wildman–Crippen MR) is 74.4 cm³/mol. The van der Waals surface area contributed by atoms with Crippen LogP contribution in [0.15, 0.2) is 24.8 Å². The van der Waals surface area contributed by atoms with Gasteiger partial charge in [-0.25, -0.2) is 0 Å². The molecule has 3 atom stereocenters. The molecule has 0 saturated carbocycles. The van der Waals surface area contributed by atoms with Gasteiger partial charge in [0.05, 0.1) is 0 Å². The van der Waals surface area contributed by atoms with E-state index in [4.69, 9.17) is 5.73 Å². The van der Waals surface area contributed by atoms with E-state index < -0.39 is 0 Å². The first kappa shape index (κ1) is 15.4. The van der Waals surface area contributed by atoms with E-state index in [1.165, 1.54) is 32.1 Å². The van der Waals surface area contributed by atoms with Crippen LogP contribution >= 0.6 is 0 Å². The van der Waals surface area contributed by atoms with Crippen molar-refractivity contribution in [2.24, 2.45) is 17.6 Å². The third-order valence-electron chi connectivity index (χ3n) is 3.05. The maximum atomic E-state index is 5.85. The standard InChI is InChI=1S/C15H29N/c1-5-7-8-9-10-13(3)11-12-15(6-2)14(4)16/h6,11-15H,2,5,7-10,16H2,1,3-4H3/b12-11-. The molecule has 1 nitrogen and oxygen atoms in total. The summed E-state index contributed by atoms with van der Waals surface area (Å²) in [5.74, 6) is 0.983. The average molecular weight is 223 g/mol. The van der Waals surface area contributed by atoms with Crippen molar-refractivity contribution in [3.8, 4) is 0 Å². The van der Waals surface area contributed by atoms with Crippen LogP contribution in [-0.4, -0.2) is 6.04 Å². The van der Waals surface area contributed by atoms with E-state index in [1.807, 2.05) is 13.0 Å².